The minimum absolute atomic E-state index is 0.0388. The van der Waals surface area contributed by atoms with E-state index in [2.05, 4.69) is 26.8 Å². The summed E-state index contributed by atoms with van der Waals surface area (Å²) in [6.45, 7) is 6.57. The maximum Gasteiger partial charge on any atom is 0.246 e. The molecule has 0 radical (unpaired) electrons. The monoisotopic (exact) mass is 269 g/mol. The Labute approximate surface area is 116 Å². The first kappa shape index (κ1) is 16.2. The van der Waals surface area contributed by atoms with Crippen LogP contribution in [-0.2, 0) is 9.63 Å². The van der Waals surface area contributed by atoms with Crippen molar-refractivity contribution < 1.29 is 14.7 Å². The van der Waals surface area contributed by atoms with Crippen LogP contribution in [0.25, 0.3) is 0 Å². The van der Waals surface area contributed by atoms with Gasteiger partial charge >= 0.3 is 0 Å². The van der Waals surface area contributed by atoms with Crippen molar-refractivity contribution in [2.45, 2.75) is 33.6 Å². The summed E-state index contributed by atoms with van der Waals surface area (Å²) in [5.41, 5.74) is 1.22. The van der Waals surface area contributed by atoms with Crippen LogP contribution in [0.5, 0.6) is 0 Å². The van der Waals surface area contributed by atoms with E-state index in [1.807, 2.05) is 0 Å². The highest BCUT2D eigenvalue weighted by molar-refractivity contribution is 5.75. The Kier molecular flexibility index (Phi) is 6.01. The van der Waals surface area contributed by atoms with E-state index < -0.39 is 0 Å². The topological polar surface area (TPSA) is 49.8 Å². The van der Waals surface area contributed by atoms with Crippen LogP contribution in [0.2, 0.25) is 0 Å². The number of allylic oxidation sites excluding steroid dienone is 2. The summed E-state index contributed by atoms with van der Waals surface area (Å²) in [5.74, 6) is 1.21. The van der Waals surface area contributed by atoms with Gasteiger partial charge < -0.3 is 5.11 Å². The third kappa shape index (κ3) is 3.80. The number of aliphatic hydroxyl groups is 1. The van der Waals surface area contributed by atoms with Gasteiger partial charge in [-0.25, -0.2) is 5.06 Å². The normalized spacial score (nSPS) is 27.3. The SMILES string of the molecule is CON(C)C(=O)C[C@H]1C(C)=CC[C@H](C(C)C)[C@H]1CO. The molecule has 4 heteroatoms. The van der Waals surface area contributed by atoms with Gasteiger partial charge in [0, 0.05) is 20.1 Å². The molecule has 0 heterocycles. The quantitative estimate of drug-likeness (QED) is 0.615. The van der Waals surface area contributed by atoms with E-state index >= 15 is 0 Å². The molecule has 1 aliphatic rings. The first-order valence-electron chi connectivity index (χ1n) is 7.00. The highest BCUT2D eigenvalue weighted by Crippen LogP contribution is 2.40. The van der Waals surface area contributed by atoms with Crippen LogP contribution < -0.4 is 0 Å². The van der Waals surface area contributed by atoms with Crippen molar-refractivity contribution >= 4 is 5.91 Å². The molecule has 0 aromatic rings. The predicted octanol–water partition coefficient (Wildman–Crippen LogP) is 2.24. The van der Waals surface area contributed by atoms with E-state index in [1.54, 1.807) is 7.05 Å². The standard InChI is InChI=1S/C15H27NO3/c1-10(2)12-7-6-11(3)13(14(12)9-17)8-15(18)16(4)19-5/h6,10,12-14,17H,7-9H2,1-5H3/t12-,13+,14-/m1/s1. The third-order valence-electron chi connectivity index (χ3n) is 4.45. The molecule has 4 nitrogen and oxygen atoms in total. The highest BCUT2D eigenvalue weighted by Gasteiger charge is 2.36. The summed E-state index contributed by atoms with van der Waals surface area (Å²) in [7, 11) is 3.11. The molecule has 3 atom stereocenters. The molecule has 0 aliphatic heterocycles. The Morgan fingerprint density at radius 2 is 2.21 bits per heavy atom. The van der Waals surface area contributed by atoms with Gasteiger partial charge in [0.05, 0.1) is 7.11 Å². The van der Waals surface area contributed by atoms with E-state index in [1.165, 1.54) is 17.7 Å². The maximum atomic E-state index is 12.0. The zero-order valence-corrected chi connectivity index (χ0v) is 12.7. The van der Waals surface area contributed by atoms with Crippen LogP contribution in [0.1, 0.15) is 33.6 Å². The Morgan fingerprint density at radius 1 is 1.58 bits per heavy atom. The molecule has 1 aliphatic carbocycles. The third-order valence-corrected chi connectivity index (χ3v) is 4.45. The van der Waals surface area contributed by atoms with Crippen molar-refractivity contribution in [1.82, 2.24) is 5.06 Å². The lowest BCUT2D eigenvalue weighted by Gasteiger charge is -2.39. The molecule has 0 unspecified atom stereocenters. The fourth-order valence-electron chi connectivity index (χ4n) is 3.04. The second-order valence-corrected chi connectivity index (χ2v) is 5.82. The van der Waals surface area contributed by atoms with E-state index in [0.29, 0.717) is 18.3 Å². The Balaban J connectivity index is 2.86. The number of rotatable bonds is 5. The lowest BCUT2D eigenvalue weighted by Crippen LogP contribution is -2.37. The van der Waals surface area contributed by atoms with Crippen molar-refractivity contribution in [2.24, 2.45) is 23.7 Å². The van der Waals surface area contributed by atoms with Gasteiger partial charge in [0.1, 0.15) is 0 Å². The second kappa shape index (κ2) is 7.06. The van der Waals surface area contributed by atoms with Crippen molar-refractivity contribution in [2.75, 3.05) is 20.8 Å². The fraction of sp³-hybridized carbons (Fsp3) is 0.800. The molecular formula is C15H27NO3. The Morgan fingerprint density at radius 3 is 2.68 bits per heavy atom. The van der Waals surface area contributed by atoms with E-state index in [9.17, 15) is 9.90 Å². The number of hydrogen-bond donors (Lipinski definition) is 1. The van der Waals surface area contributed by atoms with Crippen LogP contribution in [0.4, 0.5) is 0 Å². The van der Waals surface area contributed by atoms with E-state index in [0.717, 1.165) is 6.42 Å². The van der Waals surface area contributed by atoms with E-state index in [4.69, 9.17) is 4.84 Å². The van der Waals surface area contributed by atoms with Gasteiger partial charge in [-0.1, -0.05) is 25.5 Å². The number of hydrogen-bond acceptors (Lipinski definition) is 3. The van der Waals surface area contributed by atoms with Crippen LogP contribution in [0.15, 0.2) is 11.6 Å². The molecule has 0 bridgehead atoms. The summed E-state index contributed by atoms with van der Waals surface area (Å²) in [6, 6.07) is 0. The zero-order valence-electron chi connectivity index (χ0n) is 12.7. The van der Waals surface area contributed by atoms with Crippen LogP contribution in [0.3, 0.4) is 0 Å². The lowest BCUT2D eigenvalue weighted by atomic mass is 9.67. The Hall–Kier alpha value is -0.870. The summed E-state index contributed by atoms with van der Waals surface area (Å²) >= 11 is 0. The number of hydroxylamine groups is 2. The van der Waals surface area contributed by atoms with Crippen LogP contribution >= 0.6 is 0 Å². The van der Waals surface area contributed by atoms with Gasteiger partial charge in [0.25, 0.3) is 0 Å². The molecule has 0 saturated carbocycles. The summed E-state index contributed by atoms with van der Waals surface area (Å²) in [4.78, 5) is 17.0. The number of carbonyl (C=O) groups is 1. The first-order chi connectivity index (χ1) is 8.92. The van der Waals surface area contributed by atoms with Crippen molar-refractivity contribution in [3.63, 3.8) is 0 Å². The number of nitrogens with zero attached hydrogens (tertiary/aromatic N) is 1. The summed E-state index contributed by atoms with van der Waals surface area (Å²) in [6.07, 6.45) is 3.63. The first-order valence-corrected chi connectivity index (χ1v) is 7.00. The molecule has 110 valence electrons. The minimum Gasteiger partial charge on any atom is -0.396 e. The maximum absolute atomic E-state index is 12.0. The van der Waals surface area contributed by atoms with Gasteiger partial charge in [-0.2, -0.15) is 0 Å². The van der Waals surface area contributed by atoms with Gasteiger partial charge in [0.15, 0.2) is 0 Å². The van der Waals surface area contributed by atoms with Crippen LogP contribution in [0, 0.1) is 23.7 Å². The van der Waals surface area contributed by atoms with Gasteiger partial charge in [-0.15, -0.1) is 0 Å². The average Bonchev–Trinajstić information content (AvgIpc) is 2.39. The van der Waals surface area contributed by atoms with Crippen LogP contribution in [-0.4, -0.2) is 36.8 Å². The molecule has 0 saturated heterocycles. The Bertz CT molecular complexity index is 338. The van der Waals surface area contributed by atoms with Gasteiger partial charge in [-0.05, 0) is 37.0 Å². The molecular weight excluding hydrogens is 242 g/mol. The molecule has 0 aromatic carbocycles. The number of carbonyl (C=O) groups excluding carboxylic acids is 1. The number of aliphatic hydroxyl groups excluding tert-OH is 1. The molecule has 1 amide bonds. The lowest BCUT2D eigenvalue weighted by molar-refractivity contribution is -0.170. The molecule has 19 heavy (non-hydrogen) atoms. The van der Waals surface area contributed by atoms with Crippen molar-refractivity contribution in [1.29, 1.82) is 0 Å². The smallest absolute Gasteiger partial charge is 0.246 e. The zero-order chi connectivity index (χ0) is 14.6. The molecule has 1 rings (SSSR count). The highest BCUT2D eigenvalue weighted by atomic mass is 16.7. The summed E-state index contributed by atoms with van der Waals surface area (Å²) in [5, 5.41) is 11.0. The molecule has 1 N–H and O–H groups in total. The minimum atomic E-state index is -0.0388. The largest absolute Gasteiger partial charge is 0.396 e. The molecule has 0 fully saturated rings. The van der Waals surface area contributed by atoms with Crippen molar-refractivity contribution in [3.8, 4) is 0 Å². The van der Waals surface area contributed by atoms with Crippen molar-refractivity contribution in [3.05, 3.63) is 11.6 Å². The summed E-state index contributed by atoms with van der Waals surface area (Å²) < 4.78 is 0. The molecule has 0 aromatic heterocycles. The number of amides is 1. The van der Waals surface area contributed by atoms with Gasteiger partial charge in [0.2, 0.25) is 5.91 Å². The van der Waals surface area contributed by atoms with Gasteiger partial charge in [-0.3, -0.25) is 9.63 Å². The molecule has 0 spiro atoms. The predicted molar refractivity (Wildman–Crippen MR) is 75.2 cm³/mol. The second-order valence-electron chi connectivity index (χ2n) is 5.82. The van der Waals surface area contributed by atoms with E-state index in [-0.39, 0.29) is 24.3 Å². The average molecular weight is 269 g/mol. The fourth-order valence-corrected chi connectivity index (χ4v) is 3.04.